The summed E-state index contributed by atoms with van der Waals surface area (Å²) in [6.07, 6.45) is 7.60. The zero-order valence-corrected chi connectivity index (χ0v) is 18.9. The molecule has 2 fully saturated rings. The predicted octanol–water partition coefficient (Wildman–Crippen LogP) is 4.74. The van der Waals surface area contributed by atoms with Crippen LogP contribution in [0.1, 0.15) is 61.0 Å². The van der Waals surface area contributed by atoms with Gasteiger partial charge in [-0.3, -0.25) is 9.59 Å². The van der Waals surface area contributed by atoms with Crippen LogP contribution in [0.15, 0.2) is 40.1 Å². The highest BCUT2D eigenvalue weighted by Crippen LogP contribution is 2.29. The molecular formula is C23H29N3O2S2. The first kappa shape index (κ1) is 21.4. The second-order valence-electron chi connectivity index (χ2n) is 8.20. The summed E-state index contributed by atoms with van der Waals surface area (Å²) in [4.78, 5) is 33.3. The van der Waals surface area contributed by atoms with Crippen LogP contribution in [0.25, 0.3) is 0 Å². The average Bonchev–Trinajstić information content (AvgIpc) is 3.32. The van der Waals surface area contributed by atoms with E-state index < -0.39 is 0 Å². The van der Waals surface area contributed by atoms with Crippen LogP contribution in [-0.2, 0) is 10.5 Å². The zero-order valence-electron chi connectivity index (χ0n) is 17.2. The third-order valence-electron chi connectivity index (χ3n) is 6.01. The average molecular weight is 444 g/mol. The van der Waals surface area contributed by atoms with E-state index in [0.29, 0.717) is 12.6 Å². The van der Waals surface area contributed by atoms with Gasteiger partial charge in [0.2, 0.25) is 5.91 Å². The van der Waals surface area contributed by atoms with E-state index in [1.165, 1.54) is 19.3 Å². The molecule has 1 aromatic heterocycles. The van der Waals surface area contributed by atoms with Gasteiger partial charge in [-0.1, -0.05) is 31.4 Å². The monoisotopic (exact) mass is 443 g/mol. The third kappa shape index (κ3) is 5.43. The summed E-state index contributed by atoms with van der Waals surface area (Å²) in [5.41, 5.74) is 3.59. The fourth-order valence-corrected chi connectivity index (χ4v) is 5.95. The van der Waals surface area contributed by atoms with Gasteiger partial charge >= 0.3 is 0 Å². The van der Waals surface area contributed by atoms with E-state index in [1.807, 2.05) is 40.1 Å². The molecule has 1 aliphatic heterocycles. The van der Waals surface area contributed by atoms with Crippen molar-refractivity contribution in [1.29, 1.82) is 0 Å². The highest BCUT2D eigenvalue weighted by molar-refractivity contribution is 7.98. The SMILES string of the molecule is O=C(NC1CCCCC1)C1CCCN(C(=O)c2ccccc2SCc2cscn2)C1. The number of carbonyl (C=O) groups is 2. The molecule has 1 saturated heterocycles. The highest BCUT2D eigenvalue weighted by Gasteiger charge is 2.31. The summed E-state index contributed by atoms with van der Waals surface area (Å²) >= 11 is 3.23. The minimum atomic E-state index is -0.0977. The lowest BCUT2D eigenvalue weighted by Crippen LogP contribution is -2.48. The molecule has 1 saturated carbocycles. The Morgan fingerprint density at radius 3 is 2.77 bits per heavy atom. The Labute approximate surface area is 186 Å². The molecular weight excluding hydrogens is 414 g/mol. The van der Waals surface area contributed by atoms with Crippen molar-refractivity contribution < 1.29 is 9.59 Å². The first-order chi connectivity index (χ1) is 14.7. The molecule has 4 rings (SSSR count). The van der Waals surface area contributed by atoms with Gasteiger partial charge in [0.05, 0.1) is 22.7 Å². The van der Waals surface area contributed by atoms with Gasteiger partial charge in [0.25, 0.3) is 5.91 Å². The number of rotatable bonds is 6. The summed E-state index contributed by atoms with van der Waals surface area (Å²) in [6, 6.07) is 8.10. The quantitative estimate of drug-likeness (QED) is 0.655. The van der Waals surface area contributed by atoms with Crippen molar-refractivity contribution in [3.63, 3.8) is 0 Å². The van der Waals surface area contributed by atoms with E-state index in [0.717, 1.165) is 54.1 Å². The van der Waals surface area contributed by atoms with E-state index in [2.05, 4.69) is 10.3 Å². The van der Waals surface area contributed by atoms with Gasteiger partial charge in [-0.25, -0.2) is 4.98 Å². The van der Waals surface area contributed by atoms with E-state index in [-0.39, 0.29) is 17.7 Å². The number of nitrogens with one attached hydrogen (secondary N) is 1. The lowest BCUT2D eigenvalue weighted by atomic mass is 9.93. The van der Waals surface area contributed by atoms with Crippen LogP contribution in [0.5, 0.6) is 0 Å². The fraction of sp³-hybridized carbons (Fsp3) is 0.522. The van der Waals surface area contributed by atoms with Gasteiger partial charge in [-0.15, -0.1) is 23.1 Å². The van der Waals surface area contributed by atoms with Crippen LogP contribution in [-0.4, -0.2) is 40.8 Å². The number of aromatic nitrogens is 1. The lowest BCUT2D eigenvalue weighted by Gasteiger charge is -2.34. The minimum Gasteiger partial charge on any atom is -0.353 e. The van der Waals surface area contributed by atoms with Crippen LogP contribution in [0.3, 0.4) is 0 Å². The van der Waals surface area contributed by atoms with Crippen LogP contribution in [0, 0.1) is 5.92 Å². The van der Waals surface area contributed by atoms with Crippen molar-refractivity contribution >= 4 is 34.9 Å². The van der Waals surface area contributed by atoms with E-state index in [4.69, 9.17) is 0 Å². The number of thioether (sulfide) groups is 1. The summed E-state index contributed by atoms with van der Waals surface area (Å²) in [7, 11) is 0. The topological polar surface area (TPSA) is 62.3 Å². The van der Waals surface area contributed by atoms with Crippen molar-refractivity contribution in [3.05, 3.63) is 46.4 Å². The summed E-state index contributed by atoms with van der Waals surface area (Å²) < 4.78 is 0. The Balaban J connectivity index is 1.38. The smallest absolute Gasteiger partial charge is 0.255 e. The van der Waals surface area contributed by atoms with Crippen molar-refractivity contribution in [2.24, 2.45) is 5.92 Å². The molecule has 1 atom stereocenters. The predicted molar refractivity (Wildman–Crippen MR) is 122 cm³/mol. The van der Waals surface area contributed by atoms with E-state index in [9.17, 15) is 9.59 Å². The van der Waals surface area contributed by atoms with Gasteiger partial charge in [0.15, 0.2) is 0 Å². The maximum absolute atomic E-state index is 13.3. The van der Waals surface area contributed by atoms with Crippen molar-refractivity contribution in [2.75, 3.05) is 13.1 Å². The second kappa shape index (κ2) is 10.4. The maximum atomic E-state index is 13.3. The number of benzene rings is 1. The molecule has 2 amide bonds. The zero-order chi connectivity index (χ0) is 20.8. The first-order valence-electron chi connectivity index (χ1n) is 10.9. The summed E-state index contributed by atoms with van der Waals surface area (Å²) in [5, 5.41) is 5.29. The number of nitrogens with zero attached hydrogens (tertiary/aromatic N) is 2. The van der Waals surface area contributed by atoms with Crippen molar-refractivity contribution in [2.45, 2.75) is 61.6 Å². The number of hydrogen-bond donors (Lipinski definition) is 1. The van der Waals surface area contributed by atoms with Gasteiger partial charge in [-0.05, 0) is 37.8 Å². The Kier molecular flexibility index (Phi) is 7.44. The summed E-state index contributed by atoms with van der Waals surface area (Å²) in [6.45, 7) is 1.24. The molecule has 2 aromatic rings. The van der Waals surface area contributed by atoms with Gasteiger partial charge in [0.1, 0.15) is 0 Å². The molecule has 7 heteroatoms. The molecule has 1 aromatic carbocycles. The van der Waals surface area contributed by atoms with Crippen LogP contribution < -0.4 is 5.32 Å². The van der Waals surface area contributed by atoms with E-state index in [1.54, 1.807) is 23.1 Å². The molecule has 1 N–H and O–H groups in total. The Bertz CT molecular complexity index is 850. The molecule has 160 valence electrons. The van der Waals surface area contributed by atoms with Gasteiger partial charge in [0, 0.05) is 35.2 Å². The minimum absolute atomic E-state index is 0.0338. The molecule has 1 unspecified atom stereocenters. The Morgan fingerprint density at radius 1 is 1.13 bits per heavy atom. The Morgan fingerprint density at radius 2 is 1.97 bits per heavy atom. The van der Waals surface area contributed by atoms with Crippen LogP contribution in [0.4, 0.5) is 0 Å². The molecule has 2 heterocycles. The third-order valence-corrected chi connectivity index (χ3v) is 7.75. The van der Waals surface area contributed by atoms with Crippen LogP contribution in [0.2, 0.25) is 0 Å². The molecule has 5 nitrogen and oxygen atoms in total. The number of piperidine rings is 1. The molecule has 1 aliphatic carbocycles. The first-order valence-corrected chi connectivity index (χ1v) is 12.8. The molecule has 0 radical (unpaired) electrons. The van der Waals surface area contributed by atoms with E-state index >= 15 is 0 Å². The molecule has 30 heavy (non-hydrogen) atoms. The number of amides is 2. The normalized spacial score (nSPS) is 20.1. The van der Waals surface area contributed by atoms with Crippen molar-refractivity contribution in [3.8, 4) is 0 Å². The second-order valence-corrected chi connectivity index (χ2v) is 9.93. The van der Waals surface area contributed by atoms with Crippen molar-refractivity contribution in [1.82, 2.24) is 15.2 Å². The highest BCUT2D eigenvalue weighted by atomic mass is 32.2. The largest absolute Gasteiger partial charge is 0.353 e. The maximum Gasteiger partial charge on any atom is 0.255 e. The lowest BCUT2D eigenvalue weighted by molar-refractivity contribution is -0.127. The van der Waals surface area contributed by atoms with Crippen LogP contribution >= 0.6 is 23.1 Å². The summed E-state index contributed by atoms with van der Waals surface area (Å²) in [5.74, 6) is 0.816. The standard InChI is InChI=1S/C23H29N3O2S2/c27-22(25-18-8-2-1-3-9-18)17-7-6-12-26(13-17)23(28)20-10-4-5-11-21(20)30-15-19-14-29-16-24-19/h4-5,10-11,14,16-18H,1-3,6-9,12-13,15H2,(H,25,27). The number of thiazole rings is 1. The van der Waals surface area contributed by atoms with Gasteiger partial charge < -0.3 is 10.2 Å². The van der Waals surface area contributed by atoms with Gasteiger partial charge in [-0.2, -0.15) is 0 Å². The molecule has 0 spiro atoms. The molecule has 2 aliphatic rings. The molecule has 0 bridgehead atoms. The number of hydrogen-bond acceptors (Lipinski definition) is 5. The number of likely N-dealkylation sites (tertiary alicyclic amines) is 1. The number of carbonyl (C=O) groups excluding carboxylic acids is 2. The fourth-order valence-electron chi connectivity index (χ4n) is 4.34. The Hall–Kier alpha value is -1.86.